The lowest BCUT2D eigenvalue weighted by Gasteiger charge is -2.05. The lowest BCUT2D eigenvalue weighted by atomic mass is 10.2. The van der Waals surface area contributed by atoms with Gasteiger partial charge in [-0.15, -0.1) is 0 Å². The maximum atomic E-state index is 10.7. The lowest BCUT2D eigenvalue weighted by Crippen LogP contribution is -1.97. The highest BCUT2D eigenvalue weighted by atomic mass is 16.4. The number of nitrogens with one attached hydrogen (secondary N) is 1. The molecule has 0 fully saturated rings. The predicted molar refractivity (Wildman–Crippen MR) is 68.5 cm³/mol. The highest BCUT2D eigenvalue weighted by molar-refractivity contribution is 5.92. The van der Waals surface area contributed by atoms with Crippen molar-refractivity contribution in [1.82, 2.24) is 9.97 Å². The number of nitrogens with zero attached hydrogens (tertiary/aromatic N) is 2. The SMILES string of the molecule is O=C(O)c1coc(Nc2cccc3ncccc23)n1. The Morgan fingerprint density at radius 1 is 1.26 bits per heavy atom. The summed E-state index contributed by atoms with van der Waals surface area (Å²) in [5, 5.41) is 12.6. The Morgan fingerprint density at radius 2 is 2.16 bits per heavy atom. The van der Waals surface area contributed by atoms with E-state index in [1.54, 1.807) is 6.20 Å². The van der Waals surface area contributed by atoms with Crippen LogP contribution in [0, 0.1) is 0 Å². The van der Waals surface area contributed by atoms with Crippen LogP contribution in [-0.2, 0) is 0 Å². The molecule has 6 nitrogen and oxygen atoms in total. The first-order valence-corrected chi connectivity index (χ1v) is 5.53. The second-order valence-corrected chi connectivity index (χ2v) is 3.84. The van der Waals surface area contributed by atoms with Crippen LogP contribution in [-0.4, -0.2) is 21.0 Å². The molecule has 1 aromatic carbocycles. The Hall–Kier alpha value is -2.89. The zero-order valence-corrected chi connectivity index (χ0v) is 9.70. The van der Waals surface area contributed by atoms with Gasteiger partial charge in [0.1, 0.15) is 6.26 Å². The highest BCUT2D eigenvalue weighted by Gasteiger charge is 2.11. The summed E-state index contributed by atoms with van der Waals surface area (Å²) in [5.41, 5.74) is 1.45. The first-order valence-electron chi connectivity index (χ1n) is 5.53. The van der Waals surface area contributed by atoms with Crippen molar-refractivity contribution in [1.29, 1.82) is 0 Å². The zero-order valence-electron chi connectivity index (χ0n) is 9.70. The molecule has 0 aliphatic heterocycles. The Balaban J connectivity index is 1.98. The molecule has 3 aromatic rings. The van der Waals surface area contributed by atoms with Gasteiger partial charge in [-0.2, -0.15) is 4.98 Å². The zero-order chi connectivity index (χ0) is 13.2. The number of aromatic nitrogens is 2. The molecule has 0 unspecified atom stereocenters. The van der Waals surface area contributed by atoms with Crippen LogP contribution in [0.4, 0.5) is 11.7 Å². The van der Waals surface area contributed by atoms with Crippen LogP contribution >= 0.6 is 0 Å². The van der Waals surface area contributed by atoms with Crippen molar-refractivity contribution in [3.05, 3.63) is 48.5 Å². The standard InChI is InChI=1S/C13H9N3O3/c17-12(18)11-7-19-13(16-11)15-10-5-1-4-9-8(10)3-2-6-14-9/h1-7H,(H,15,16)(H,17,18). The Bertz CT molecular complexity index is 746. The maximum Gasteiger partial charge on any atom is 0.357 e. The van der Waals surface area contributed by atoms with Gasteiger partial charge in [0.15, 0.2) is 5.69 Å². The molecule has 0 aliphatic rings. The third-order valence-corrected chi connectivity index (χ3v) is 2.61. The van der Waals surface area contributed by atoms with Crippen molar-refractivity contribution in [2.45, 2.75) is 0 Å². The molecule has 0 atom stereocenters. The molecular formula is C13H9N3O3. The Labute approximate surface area is 107 Å². The minimum atomic E-state index is -1.13. The molecule has 0 amide bonds. The number of aromatic carboxylic acids is 1. The van der Waals surface area contributed by atoms with Crippen LogP contribution in [0.15, 0.2) is 47.2 Å². The Morgan fingerprint density at radius 3 is 2.95 bits per heavy atom. The monoisotopic (exact) mass is 255 g/mol. The lowest BCUT2D eigenvalue weighted by molar-refractivity contribution is 0.0690. The van der Waals surface area contributed by atoms with Crippen LogP contribution < -0.4 is 5.32 Å². The third kappa shape index (κ3) is 2.11. The van der Waals surface area contributed by atoms with E-state index in [1.807, 2.05) is 30.3 Å². The summed E-state index contributed by atoms with van der Waals surface area (Å²) in [6.07, 6.45) is 2.80. The number of fused-ring (bicyclic) bond motifs is 1. The van der Waals surface area contributed by atoms with Crippen LogP contribution in [0.3, 0.4) is 0 Å². The van der Waals surface area contributed by atoms with Crippen LogP contribution in [0.5, 0.6) is 0 Å². The number of carbonyl (C=O) groups is 1. The first-order chi connectivity index (χ1) is 9.24. The largest absolute Gasteiger partial charge is 0.476 e. The number of hydrogen-bond donors (Lipinski definition) is 2. The quantitative estimate of drug-likeness (QED) is 0.748. The molecule has 19 heavy (non-hydrogen) atoms. The number of anilines is 2. The van der Waals surface area contributed by atoms with Gasteiger partial charge in [0.2, 0.25) is 0 Å². The summed E-state index contributed by atoms with van der Waals surface area (Å²) in [7, 11) is 0. The summed E-state index contributed by atoms with van der Waals surface area (Å²) in [6, 6.07) is 9.44. The summed E-state index contributed by atoms with van der Waals surface area (Å²) in [5.74, 6) is -1.13. The van der Waals surface area contributed by atoms with Gasteiger partial charge < -0.3 is 14.8 Å². The summed E-state index contributed by atoms with van der Waals surface area (Å²) in [4.78, 5) is 18.8. The molecule has 94 valence electrons. The van der Waals surface area contributed by atoms with Gasteiger partial charge in [0.05, 0.1) is 11.2 Å². The fraction of sp³-hybridized carbons (Fsp3) is 0. The van der Waals surface area contributed by atoms with Gasteiger partial charge in [-0.3, -0.25) is 4.98 Å². The Kier molecular flexibility index (Phi) is 2.60. The van der Waals surface area contributed by atoms with Crippen molar-refractivity contribution in [3.63, 3.8) is 0 Å². The number of benzene rings is 1. The molecule has 3 rings (SSSR count). The second-order valence-electron chi connectivity index (χ2n) is 3.84. The van der Waals surface area contributed by atoms with Crippen molar-refractivity contribution in [3.8, 4) is 0 Å². The maximum absolute atomic E-state index is 10.7. The van der Waals surface area contributed by atoms with E-state index in [0.717, 1.165) is 22.9 Å². The van der Waals surface area contributed by atoms with E-state index in [2.05, 4.69) is 15.3 Å². The van der Waals surface area contributed by atoms with E-state index in [0.29, 0.717) is 0 Å². The van der Waals surface area contributed by atoms with Crippen LogP contribution in [0.2, 0.25) is 0 Å². The van der Waals surface area contributed by atoms with Gasteiger partial charge in [0, 0.05) is 11.6 Å². The number of carboxylic acid groups (broad SMARTS) is 1. The number of hydrogen-bond acceptors (Lipinski definition) is 5. The topological polar surface area (TPSA) is 88.2 Å². The number of oxazole rings is 1. The summed E-state index contributed by atoms with van der Waals surface area (Å²) < 4.78 is 5.06. The van der Waals surface area contributed by atoms with Crippen molar-refractivity contribution in [2.24, 2.45) is 0 Å². The van der Waals surface area contributed by atoms with Gasteiger partial charge >= 0.3 is 5.97 Å². The molecule has 0 radical (unpaired) electrons. The molecule has 2 aromatic heterocycles. The molecule has 0 spiro atoms. The molecule has 0 aliphatic carbocycles. The second kappa shape index (κ2) is 4.41. The minimum Gasteiger partial charge on any atom is -0.476 e. The molecule has 0 saturated carbocycles. The highest BCUT2D eigenvalue weighted by Crippen LogP contribution is 2.24. The van der Waals surface area contributed by atoms with Crippen molar-refractivity contribution >= 4 is 28.6 Å². The van der Waals surface area contributed by atoms with Gasteiger partial charge in [-0.1, -0.05) is 6.07 Å². The molecule has 6 heteroatoms. The molecule has 2 N–H and O–H groups in total. The van der Waals surface area contributed by atoms with E-state index in [9.17, 15) is 4.79 Å². The molecule has 0 saturated heterocycles. The average molecular weight is 255 g/mol. The average Bonchev–Trinajstić information content (AvgIpc) is 2.88. The third-order valence-electron chi connectivity index (χ3n) is 2.61. The van der Waals surface area contributed by atoms with E-state index in [1.165, 1.54) is 0 Å². The minimum absolute atomic E-state index is 0.133. The number of pyridine rings is 1. The van der Waals surface area contributed by atoms with Gasteiger partial charge in [0.25, 0.3) is 6.01 Å². The first kappa shape index (κ1) is 11.2. The summed E-state index contributed by atoms with van der Waals surface area (Å²) in [6.45, 7) is 0. The predicted octanol–water partition coefficient (Wildman–Crippen LogP) is 2.66. The normalized spacial score (nSPS) is 10.5. The van der Waals surface area contributed by atoms with E-state index >= 15 is 0 Å². The molecule has 0 bridgehead atoms. The van der Waals surface area contributed by atoms with E-state index < -0.39 is 5.97 Å². The van der Waals surface area contributed by atoms with Gasteiger partial charge in [-0.25, -0.2) is 4.79 Å². The summed E-state index contributed by atoms with van der Waals surface area (Å²) >= 11 is 0. The van der Waals surface area contributed by atoms with E-state index in [-0.39, 0.29) is 11.7 Å². The van der Waals surface area contributed by atoms with Crippen molar-refractivity contribution in [2.75, 3.05) is 5.32 Å². The fourth-order valence-electron chi connectivity index (χ4n) is 1.76. The van der Waals surface area contributed by atoms with Crippen LogP contribution in [0.1, 0.15) is 10.5 Å². The number of rotatable bonds is 3. The molecular weight excluding hydrogens is 246 g/mol. The number of carboxylic acids is 1. The smallest absolute Gasteiger partial charge is 0.357 e. The fourth-order valence-corrected chi connectivity index (χ4v) is 1.76. The van der Waals surface area contributed by atoms with Crippen LogP contribution in [0.25, 0.3) is 10.9 Å². The van der Waals surface area contributed by atoms with Crippen molar-refractivity contribution < 1.29 is 14.3 Å². The van der Waals surface area contributed by atoms with E-state index in [4.69, 9.17) is 9.52 Å². The van der Waals surface area contributed by atoms with Gasteiger partial charge in [-0.05, 0) is 24.3 Å². The molecule has 2 heterocycles.